The van der Waals surface area contributed by atoms with Crippen LogP contribution in [-0.4, -0.2) is 59.7 Å². The van der Waals surface area contributed by atoms with Gasteiger partial charge in [-0.15, -0.1) is 11.3 Å². The van der Waals surface area contributed by atoms with E-state index < -0.39 is 0 Å². The van der Waals surface area contributed by atoms with E-state index in [2.05, 4.69) is 49.3 Å². The smallest absolute Gasteiger partial charge is 0.237 e. The predicted molar refractivity (Wildman–Crippen MR) is 139 cm³/mol. The first kappa shape index (κ1) is 25.2. The number of nitrogens with zero attached hydrogens (tertiary/aromatic N) is 2. The first-order valence-electron chi connectivity index (χ1n) is 12.9. The van der Waals surface area contributed by atoms with E-state index in [4.69, 9.17) is 4.74 Å². The monoisotopic (exact) mass is 484 g/mol. The molecule has 1 N–H and O–H groups in total. The minimum atomic E-state index is -0.366. The van der Waals surface area contributed by atoms with Crippen LogP contribution in [0.4, 0.5) is 0 Å². The zero-order valence-electron chi connectivity index (χ0n) is 20.9. The average Bonchev–Trinajstić information content (AvgIpc) is 3.49. The van der Waals surface area contributed by atoms with Crippen LogP contribution in [0.2, 0.25) is 0 Å². The van der Waals surface area contributed by atoms with Crippen LogP contribution in [0, 0.1) is 5.92 Å². The number of aliphatic hydroxyl groups excluding tert-OH is 1. The molecule has 186 valence electrons. The van der Waals surface area contributed by atoms with Crippen molar-refractivity contribution in [1.29, 1.82) is 0 Å². The molecule has 4 rings (SSSR count). The third-order valence-corrected chi connectivity index (χ3v) is 8.03. The molecule has 0 unspecified atom stereocenters. The Hall–Kier alpha value is -1.89. The van der Waals surface area contributed by atoms with Crippen molar-refractivity contribution in [1.82, 2.24) is 9.80 Å². The maximum Gasteiger partial charge on any atom is 0.237 e. The number of benzene rings is 1. The highest BCUT2D eigenvalue weighted by atomic mass is 32.1. The summed E-state index contributed by atoms with van der Waals surface area (Å²) in [5.41, 5.74) is 2.52. The second-order valence-electron chi connectivity index (χ2n) is 10.3. The number of amides is 1. The fourth-order valence-electron chi connectivity index (χ4n) is 4.87. The molecule has 1 fully saturated rings. The lowest BCUT2D eigenvalue weighted by Gasteiger charge is -2.37. The fraction of sp³-hybridized carbons (Fsp3) is 0.607. The standard InChI is InChI=1S/C28H40N2O3S/c1-4-5-23(31)17-29(16-21-6-7-21)18-28(32)30-14-12-27-25(13-15-34-27)26(30)19-33-24-10-8-22(9-11-24)20(2)3/h8-11,13,15,20-21,23,26,31H,4-7,12,14,16-19H2,1-3H3/t23-,26+/m1/s1. The molecule has 2 atom stereocenters. The quantitative estimate of drug-likeness (QED) is 0.447. The van der Waals surface area contributed by atoms with Crippen LogP contribution in [0.1, 0.15) is 74.4 Å². The average molecular weight is 485 g/mol. The van der Waals surface area contributed by atoms with E-state index in [1.54, 1.807) is 11.3 Å². The van der Waals surface area contributed by atoms with Crippen molar-refractivity contribution in [3.63, 3.8) is 0 Å². The van der Waals surface area contributed by atoms with Crippen LogP contribution in [0.3, 0.4) is 0 Å². The zero-order chi connectivity index (χ0) is 24.1. The molecule has 1 aliphatic carbocycles. The summed E-state index contributed by atoms with van der Waals surface area (Å²) in [4.78, 5) is 19.1. The van der Waals surface area contributed by atoms with Crippen LogP contribution < -0.4 is 4.74 Å². The van der Waals surface area contributed by atoms with Gasteiger partial charge in [-0.05, 0) is 72.2 Å². The molecular formula is C28H40N2O3S. The molecule has 1 aromatic heterocycles. The summed E-state index contributed by atoms with van der Waals surface area (Å²) in [6.45, 7) is 9.51. The van der Waals surface area contributed by atoms with E-state index in [0.29, 0.717) is 31.5 Å². The number of carbonyl (C=O) groups is 1. The van der Waals surface area contributed by atoms with Crippen molar-refractivity contribution >= 4 is 17.2 Å². The van der Waals surface area contributed by atoms with Gasteiger partial charge in [0, 0.05) is 24.5 Å². The molecule has 1 aromatic carbocycles. The van der Waals surface area contributed by atoms with E-state index in [1.807, 2.05) is 17.0 Å². The molecular weight excluding hydrogens is 444 g/mol. The van der Waals surface area contributed by atoms with Gasteiger partial charge in [0.25, 0.3) is 0 Å². The van der Waals surface area contributed by atoms with Crippen LogP contribution in [0.5, 0.6) is 5.75 Å². The summed E-state index contributed by atoms with van der Waals surface area (Å²) in [5, 5.41) is 12.5. The molecule has 0 bridgehead atoms. The van der Waals surface area contributed by atoms with Gasteiger partial charge < -0.3 is 14.7 Å². The summed E-state index contributed by atoms with van der Waals surface area (Å²) < 4.78 is 6.22. The summed E-state index contributed by atoms with van der Waals surface area (Å²) in [5.74, 6) is 2.16. The lowest BCUT2D eigenvalue weighted by molar-refractivity contribution is -0.136. The molecule has 2 aromatic rings. The highest BCUT2D eigenvalue weighted by Gasteiger charge is 2.34. The van der Waals surface area contributed by atoms with Crippen molar-refractivity contribution in [2.45, 2.75) is 70.9 Å². The van der Waals surface area contributed by atoms with E-state index in [9.17, 15) is 9.90 Å². The molecule has 0 saturated heterocycles. The maximum atomic E-state index is 13.6. The van der Waals surface area contributed by atoms with Gasteiger partial charge in [-0.25, -0.2) is 0 Å². The largest absolute Gasteiger partial charge is 0.491 e. The molecule has 5 nitrogen and oxygen atoms in total. The number of ether oxygens (including phenoxy) is 1. The summed E-state index contributed by atoms with van der Waals surface area (Å²) >= 11 is 1.78. The van der Waals surface area contributed by atoms with Crippen LogP contribution in [0.25, 0.3) is 0 Å². The lowest BCUT2D eigenvalue weighted by atomic mass is 10.00. The molecule has 1 aliphatic heterocycles. The van der Waals surface area contributed by atoms with Crippen LogP contribution in [-0.2, 0) is 11.2 Å². The number of aliphatic hydroxyl groups is 1. The van der Waals surface area contributed by atoms with Gasteiger partial charge in [0.1, 0.15) is 12.4 Å². The zero-order valence-corrected chi connectivity index (χ0v) is 21.7. The minimum Gasteiger partial charge on any atom is -0.491 e. The van der Waals surface area contributed by atoms with Crippen molar-refractivity contribution in [2.24, 2.45) is 5.92 Å². The number of thiophene rings is 1. The molecule has 1 amide bonds. The van der Waals surface area contributed by atoms with E-state index in [0.717, 1.165) is 38.1 Å². The Bertz CT molecular complexity index is 922. The Morgan fingerprint density at radius 3 is 2.68 bits per heavy atom. The SMILES string of the molecule is CCC[C@@H](O)CN(CC(=O)N1CCc2sccc2[C@@H]1COc1ccc(C(C)C)cc1)CC1CC1. The van der Waals surface area contributed by atoms with Gasteiger partial charge in [0.2, 0.25) is 5.91 Å². The van der Waals surface area contributed by atoms with E-state index >= 15 is 0 Å². The van der Waals surface area contributed by atoms with Gasteiger partial charge in [-0.1, -0.05) is 39.3 Å². The molecule has 0 radical (unpaired) electrons. The molecule has 1 saturated carbocycles. The van der Waals surface area contributed by atoms with Gasteiger partial charge >= 0.3 is 0 Å². The first-order valence-corrected chi connectivity index (χ1v) is 13.8. The van der Waals surface area contributed by atoms with Gasteiger partial charge in [-0.3, -0.25) is 9.69 Å². The lowest BCUT2D eigenvalue weighted by Crippen LogP contribution is -2.48. The Morgan fingerprint density at radius 1 is 1.24 bits per heavy atom. The Kier molecular flexibility index (Phi) is 8.67. The normalized spacial score (nSPS) is 18.9. The fourth-order valence-corrected chi connectivity index (χ4v) is 5.80. The number of rotatable bonds is 12. The van der Waals surface area contributed by atoms with Gasteiger partial charge in [0.05, 0.1) is 18.7 Å². The number of fused-ring (bicyclic) bond motifs is 1. The van der Waals surface area contributed by atoms with Crippen molar-refractivity contribution in [3.8, 4) is 5.75 Å². The number of hydrogen-bond donors (Lipinski definition) is 1. The van der Waals surface area contributed by atoms with Crippen LogP contribution >= 0.6 is 11.3 Å². The number of carbonyl (C=O) groups excluding carboxylic acids is 1. The minimum absolute atomic E-state index is 0.0735. The first-order chi connectivity index (χ1) is 16.4. The Balaban J connectivity index is 1.44. The van der Waals surface area contributed by atoms with E-state index in [1.165, 1.54) is 28.8 Å². The molecule has 2 aliphatic rings. The summed E-state index contributed by atoms with van der Waals surface area (Å²) in [7, 11) is 0. The highest BCUT2D eigenvalue weighted by molar-refractivity contribution is 7.10. The Labute approximate surface area is 208 Å². The second-order valence-corrected chi connectivity index (χ2v) is 11.3. The summed E-state index contributed by atoms with van der Waals surface area (Å²) in [6.07, 6.45) is 4.75. The van der Waals surface area contributed by atoms with Crippen molar-refractivity contribution in [3.05, 3.63) is 51.7 Å². The third kappa shape index (κ3) is 6.61. The number of hydrogen-bond acceptors (Lipinski definition) is 5. The molecule has 34 heavy (non-hydrogen) atoms. The topological polar surface area (TPSA) is 53.0 Å². The highest BCUT2D eigenvalue weighted by Crippen LogP contribution is 2.35. The summed E-state index contributed by atoms with van der Waals surface area (Å²) in [6, 6.07) is 10.4. The van der Waals surface area contributed by atoms with Crippen molar-refractivity contribution < 1.29 is 14.6 Å². The molecule has 6 heteroatoms. The molecule has 0 spiro atoms. The second kappa shape index (κ2) is 11.7. The molecule has 2 heterocycles. The van der Waals surface area contributed by atoms with E-state index in [-0.39, 0.29) is 18.1 Å². The third-order valence-electron chi connectivity index (χ3n) is 7.03. The Morgan fingerprint density at radius 2 is 2.00 bits per heavy atom. The van der Waals surface area contributed by atoms with Gasteiger partial charge in [0.15, 0.2) is 0 Å². The van der Waals surface area contributed by atoms with Gasteiger partial charge in [-0.2, -0.15) is 0 Å². The maximum absolute atomic E-state index is 13.6. The van der Waals surface area contributed by atoms with Crippen LogP contribution in [0.15, 0.2) is 35.7 Å². The van der Waals surface area contributed by atoms with Crippen molar-refractivity contribution in [2.75, 3.05) is 32.8 Å². The predicted octanol–water partition coefficient (Wildman–Crippen LogP) is 5.25.